The van der Waals surface area contributed by atoms with Gasteiger partial charge in [0.25, 0.3) is 0 Å². The molecule has 0 aliphatic carbocycles. The van der Waals surface area contributed by atoms with Crippen molar-refractivity contribution >= 4 is 23.8 Å². The number of hydrogen-bond acceptors (Lipinski definition) is 9. The van der Waals surface area contributed by atoms with Crippen LogP contribution < -0.4 is 25.4 Å². The van der Waals surface area contributed by atoms with E-state index in [4.69, 9.17) is 9.47 Å². The number of rotatable bonds is 23. The molecule has 3 aromatic rings. The molecule has 6 atom stereocenters. The van der Waals surface area contributed by atoms with Gasteiger partial charge in [-0.25, -0.2) is 0 Å². The summed E-state index contributed by atoms with van der Waals surface area (Å²) < 4.78 is 12.3. The fourth-order valence-electron chi connectivity index (χ4n) is 8.94. The largest absolute Gasteiger partial charge is 0.492 e. The molecule has 59 heavy (non-hydrogen) atoms. The lowest BCUT2D eigenvalue weighted by Gasteiger charge is -2.24. The Morgan fingerprint density at radius 2 is 0.966 bits per heavy atom. The van der Waals surface area contributed by atoms with E-state index >= 15 is 0 Å². The standard InChI is InChI=1S/C46H60N4O9/c51-43(11-10-31-4-1-5-32(22-31)25-40(44(52)53)35-12-15-47-28-35)50(18-20-58-38-8-2-6-33(23-38)26-41(45(54)55)36-13-16-48-29-36)19-21-59-39-9-3-7-34(24-39)27-42(46(56)57)37-14-17-49-30-37/h1-9,22-24,35-37,40-42,47-49H,10-21,25-30H2,(H,52,53)(H,54,55)(H,56,57)/t35-,36-,37-,40-,41-,42-/m0/s1. The van der Waals surface area contributed by atoms with E-state index in [1.165, 1.54) is 0 Å². The summed E-state index contributed by atoms with van der Waals surface area (Å²) in [6.45, 7) is 5.62. The number of aryl methyl sites for hydroxylation is 1. The van der Waals surface area contributed by atoms with Gasteiger partial charge in [0.05, 0.1) is 30.8 Å². The molecule has 13 nitrogen and oxygen atoms in total. The zero-order valence-corrected chi connectivity index (χ0v) is 33.9. The molecule has 0 spiro atoms. The summed E-state index contributed by atoms with van der Waals surface area (Å²) >= 11 is 0. The van der Waals surface area contributed by atoms with Gasteiger partial charge in [0.2, 0.25) is 5.91 Å². The Morgan fingerprint density at radius 1 is 0.576 bits per heavy atom. The van der Waals surface area contributed by atoms with E-state index in [0.717, 1.165) is 61.2 Å². The van der Waals surface area contributed by atoms with E-state index in [1.807, 2.05) is 72.8 Å². The predicted molar refractivity (Wildman–Crippen MR) is 223 cm³/mol. The Hall–Kier alpha value is -4.98. The number of ether oxygens (including phenoxy) is 2. The molecule has 3 saturated heterocycles. The maximum Gasteiger partial charge on any atom is 0.307 e. The van der Waals surface area contributed by atoms with Crippen LogP contribution in [0.25, 0.3) is 0 Å². The molecule has 318 valence electrons. The molecule has 3 aliphatic heterocycles. The Morgan fingerprint density at radius 3 is 1.36 bits per heavy atom. The second-order valence-corrected chi connectivity index (χ2v) is 16.4. The van der Waals surface area contributed by atoms with Gasteiger partial charge in [-0.3, -0.25) is 19.2 Å². The third kappa shape index (κ3) is 13.0. The quantitative estimate of drug-likeness (QED) is 0.0805. The second-order valence-electron chi connectivity index (χ2n) is 16.4. The van der Waals surface area contributed by atoms with Crippen LogP contribution in [0, 0.1) is 35.5 Å². The van der Waals surface area contributed by atoms with Crippen LogP contribution in [-0.2, 0) is 44.9 Å². The zero-order valence-electron chi connectivity index (χ0n) is 33.9. The number of carboxylic acid groups (broad SMARTS) is 3. The number of hydrogen-bond donors (Lipinski definition) is 6. The van der Waals surface area contributed by atoms with Gasteiger partial charge in [-0.15, -0.1) is 0 Å². The molecule has 6 rings (SSSR count). The summed E-state index contributed by atoms with van der Waals surface area (Å²) in [5, 5.41) is 39.7. The number of carbonyl (C=O) groups is 4. The van der Waals surface area contributed by atoms with Crippen molar-refractivity contribution in [2.75, 3.05) is 65.6 Å². The number of nitrogens with zero attached hydrogens (tertiary/aromatic N) is 1. The van der Waals surface area contributed by atoms with Crippen molar-refractivity contribution in [2.45, 2.75) is 51.4 Å². The van der Waals surface area contributed by atoms with Crippen LogP contribution >= 0.6 is 0 Å². The van der Waals surface area contributed by atoms with Crippen molar-refractivity contribution in [3.05, 3.63) is 95.1 Å². The van der Waals surface area contributed by atoms with Crippen LogP contribution in [0.5, 0.6) is 11.5 Å². The Balaban J connectivity index is 1.08. The normalized spacial score (nSPS) is 20.4. The van der Waals surface area contributed by atoms with Crippen LogP contribution in [0.3, 0.4) is 0 Å². The van der Waals surface area contributed by atoms with E-state index in [2.05, 4.69) is 16.0 Å². The van der Waals surface area contributed by atoms with Gasteiger partial charge in [-0.2, -0.15) is 0 Å². The molecule has 3 aliphatic rings. The molecule has 1 amide bonds. The first-order chi connectivity index (χ1) is 28.6. The monoisotopic (exact) mass is 812 g/mol. The Labute approximate surface area is 346 Å². The number of nitrogens with one attached hydrogen (secondary N) is 3. The van der Waals surface area contributed by atoms with Gasteiger partial charge in [0.15, 0.2) is 0 Å². The fraction of sp³-hybridized carbons (Fsp3) is 0.522. The van der Waals surface area contributed by atoms with E-state index in [9.17, 15) is 34.5 Å². The molecule has 6 N–H and O–H groups in total. The minimum Gasteiger partial charge on any atom is -0.492 e. The highest BCUT2D eigenvalue weighted by atomic mass is 16.5. The molecule has 3 aromatic carbocycles. The smallest absolute Gasteiger partial charge is 0.307 e. The van der Waals surface area contributed by atoms with E-state index in [0.29, 0.717) is 69.9 Å². The number of benzene rings is 3. The molecule has 0 saturated carbocycles. The van der Waals surface area contributed by atoms with E-state index in [1.54, 1.807) is 4.90 Å². The van der Waals surface area contributed by atoms with Crippen molar-refractivity contribution in [3.8, 4) is 11.5 Å². The minimum absolute atomic E-state index is 0.0745. The average molecular weight is 813 g/mol. The first kappa shape index (κ1) is 43.6. The highest BCUT2D eigenvalue weighted by Crippen LogP contribution is 2.28. The summed E-state index contributed by atoms with van der Waals surface area (Å²) in [5.74, 6) is -2.42. The van der Waals surface area contributed by atoms with Gasteiger partial charge in [0, 0.05) is 6.42 Å². The molecule has 13 heteroatoms. The summed E-state index contributed by atoms with van der Waals surface area (Å²) in [6.07, 6.45) is 4.51. The molecular formula is C46H60N4O9. The number of carboxylic acids is 3. The topological polar surface area (TPSA) is 187 Å². The predicted octanol–water partition coefficient (Wildman–Crippen LogP) is 4.16. The maximum atomic E-state index is 13.9. The van der Waals surface area contributed by atoms with Crippen molar-refractivity contribution in [2.24, 2.45) is 35.5 Å². The molecule has 0 radical (unpaired) electrons. The summed E-state index contributed by atoms with van der Waals surface area (Å²) in [6, 6.07) is 22.9. The van der Waals surface area contributed by atoms with Gasteiger partial charge in [-0.1, -0.05) is 48.5 Å². The van der Waals surface area contributed by atoms with Gasteiger partial charge in [0.1, 0.15) is 24.7 Å². The molecular weight excluding hydrogens is 753 g/mol. The Bertz CT molecular complexity index is 1770. The SMILES string of the molecule is O=C(O)[C@@H](Cc1cccc(CCC(=O)N(CCOc2cccc(C[C@H](C(=O)O)[C@H]3CCNC3)c2)CCOc2cccc(C[C@H](C(=O)O)[C@H]3CCNC3)c2)c1)[C@H]1CCNC1. The summed E-state index contributed by atoms with van der Waals surface area (Å²) in [5.41, 5.74) is 3.68. The van der Waals surface area contributed by atoms with E-state index < -0.39 is 35.7 Å². The van der Waals surface area contributed by atoms with Crippen LogP contribution in [0.15, 0.2) is 72.8 Å². The molecule has 0 bridgehead atoms. The fourth-order valence-corrected chi connectivity index (χ4v) is 8.94. The van der Waals surface area contributed by atoms with Gasteiger partial charge in [-0.05, 0) is 148 Å². The first-order valence-corrected chi connectivity index (χ1v) is 21.2. The number of amides is 1. The third-order valence-corrected chi connectivity index (χ3v) is 12.3. The highest BCUT2D eigenvalue weighted by molar-refractivity contribution is 5.76. The van der Waals surface area contributed by atoms with Crippen molar-refractivity contribution in [1.82, 2.24) is 20.9 Å². The summed E-state index contributed by atoms with van der Waals surface area (Å²) in [4.78, 5) is 52.0. The van der Waals surface area contributed by atoms with E-state index in [-0.39, 0.29) is 43.3 Å². The molecule has 3 heterocycles. The third-order valence-electron chi connectivity index (χ3n) is 12.3. The second kappa shape index (κ2) is 21.9. The van der Waals surface area contributed by atoms with Gasteiger partial charge >= 0.3 is 17.9 Å². The molecule has 0 aromatic heterocycles. The maximum absolute atomic E-state index is 13.9. The number of carbonyl (C=O) groups excluding carboxylic acids is 1. The van der Waals surface area contributed by atoms with Crippen molar-refractivity contribution < 1.29 is 44.0 Å². The first-order valence-electron chi connectivity index (χ1n) is 21.2. The highest BCUT2D eigenvalue weighted by Gasteiger charge is 2.33. The molecule has 3 fully saturated rings. The van der Waals surface area contributed by atoms with Crippen LogP contribution in [0.1, 0.15) is 47.9 Å². The summed E-state index contributed by atoms with van der Waals surface area (Å²) in [7, 11) is 0. The van der Waals surface area contributed by atoms with Crippen LogP contribution in [0.4, 0.5) is 0 Å². The lowest BCUT2D eigenvalue weighted by Crippen LogP contribution is -2.37. The Kier molecular flexibility index (Phi) is 16.2. The zero-order chi connectivity index (χ0) is 41.6. The van der Waals surface area contributed by atoms with Crippen LogP contribution in [0.2, 0.25) is 0 Å². The average Bonchev–Trinajstić information content (AvgIpc) is 4.06. The minimum atomic E-state index is -0.794. The van der Waals surface area contributed by atoms with Gasteiger partial charge < -0.3 is 45.6 Å². The number of aliphatic carboxylic acids is 3. The van der Waals surface area contributed by atoms with Crippen LogP contribution in [-0.4, -0.2) is 110 Å². The van der Waals surface area contributed by atoms with Crippen molar-refractivity contribution in [1.29, 1.82) is 0 Å². The molecule has 0 unspecified atom stereocenters. The lowest BCUT2D eigenvalue weighted by molar-refractivity contribution is -0.144. The van der Waals surface area contributed by atoms with Crippen molar-refractivity contribution in [3.63, 3.8) is 0 Å². The lowest BCUT2D eigenvalue weighted by atomic mass is 9.86.